The maximum atomic E-state index is 5.85. The van der Waals surface area contributed by atoms with Gasteiger partial charge in [-0.1, -0.05) is 25.9 Å². The Balaban J connectivity index is 1.42. The van der Waals surface area contributed by atoms with Crippen LogP contribution < -0.4 is 4.74 Å². The third-order valence-electron chi connectivity index (χ3n) is 4.64. The molecule has 0 amide bonds. The van der Waals surface area contributed by atoms with E-state index in [-0.39, 0.29) is 5.41 Å². The van der Waals surface area contributed by atoms with Crippen molar-refractivity contribution in [2.45, 2.75) is 52.5 Å². The average molecular weight is 344 g/mol. The monoisotopic (exact) mass is 344 g/mol. The second-order valence-corrected chi connectivity index (χ2v) is 7.97. The van der Waals surface area contributed by atoms with Gasteiger partial charge in [0.05, 0.1) is 24.5 Å². The molecule has 1 aliphatic heterocycles. The summed E-state index contributed by atoms with van der Waals surface area (Å²) < 4.78 is 11.2. The summed E-state index contributed by atoms with van der Waals surface area (Å²) >= 11 is 0. The first kappa shape index (κ1) is 17.9. The summed E-state index contributed by atoms with van der Waals surface area (Å²) in [7, 11) is 0. The number of aromatic nitrogens is 3. The van der Waals surface area contributed by atoms with Crippen molar-refractivity contribution in [2.75, 3.05) is 19.7 Å². The first-order valence-electron chi connectivity index (χ1n) is 9.02. The number of rotatable bonds is 5. The van der Waals surface area contributed by atoms with Crippen molar-refractivity contribution in [3.63, 3.8) is 0 Å². The van der Waals surface area contributed by atoms with Gasteiger partial charge in [-0.2, -0.15) is 5.10 Å². The van der Waals surface area contributed by atoms with Crippen LogP contribution in [0.3, 0.4) is 0 Å². The molecule has 6 nitrogen and oxygen atoms in total. The molecule has 1 saturated heterocycles. The smallest absolute Gasteiger partial charge is 0.233 e. The van der Waals surface area contributed by atoms with Gasteiger partial charge < -0.3 is 9.26 Å². The molecular formula is C19H28N4O2. The molecule has 0 bridgehead atoms. The molecule has 0 unspecified atom stereocenters. The fraction of sp³-hybridized carbons (Fsp3) is 0.632. The molecule has 0 saturated carbocycles. The molecule has 6 heteroatoms. The number of ether oxygens (including phenoxy) is 1. The molecule has 2 aromatic heterocycles. The first-order valence-corrected chi connectivity index (χ1v) is 9.02. The van der Waals surface area contributed by atoms with Crippen molar-refractivity contribution < 1.29 is 9.26 Å². The quantitative estimate of drug-likeness (QED) is 0.829. The zero-order valence-electron chi connectivity index (χ0n) is 15.7. The molecule has 1 fully saturated rings. The van der Waals surface area contributed by atoms with Gasteiger partial charge in [-0.15, -0.1) is 5.10 Å². The highest BCUT2D eigenvalue weighted by Crippen LogP contribution is 2.22. The van der Waals surface area contributed by atoms with Gasteiger partial charge in [-0.25, -0.2) is 0 Å². The highest BCUT2D eigenvalue weighted by atomic mass is 16.5. The van der Waals surface area contributed by atoms with Gasteiger partial charge in [0.25, 0.3) is 0 Å². The fourth-order valence-corrected chi connectivity index (χ4v) is 3.02. The van der Waals surface area contributed by atoms with Crippen LogP contribution in [0.15, 0.2) is 22.7 Å². The van der Waals surface area contributed by atoms with Crippen LogP contribution in [0, 0.1) is 12.8 Å². The maximum absolute atomic E-state index is 5.85. The minimum atomic E-state index is 0.0143. The summed E-state index contributed by atoms with van der Waals surface area (Å²) in [6.45, 7) is 12.0. The maximum Gasteiger partial charge on any atom is 0.233 e. The predicted octanol–water partition coefficient (Wildman–Crippen LogP) is 3.36. The van der Waals surface area contributed by atoms with Crippen LogP contribution in [-0.2, 0) is 12.0 Å². The molecule has 2 aromatic rings. The second kappa shape index (κ2) is 7.52. The number of nitrogens with zero attached hydrogens (tertiary/aromatic N) is 4. The Hall–Kier alpha value is -1.95. The van der Waals surface area contributed by atoms with Gasteiger partial charge in [0, 0.05) is 17.5 Å². The van der Waals surface area contributed by atoms with E-state index in [0.717, 1.165) is 49.6 Å². The van der Waals surface area contributed by atoms with Crippen molar-refractivity contribution in [3.8, 4) is 5.88 Å². The van der Waals surface area contributed by atoms with Gasteiger partial charge in [0.1, 0.15) is 0 Å². The molecule has 1 aliphatic rings. The molecule has 0 N–H and O–H groups in total. The summed E-state index contributed by atoms with van der Waals surface area (Å²) in [6.07, 6.45) is 2.25. The molecule has 0 radical (unpaired) electrons. The Kier molecular flexibility index (Phi) is 5.37. The third-order valence-corrected chi connectivity index (χ3v) is 4.64. The molecule has 3 heterocycles. The average Bonchev–Trinajstić information content (AvgIpc) is 2.99. The van der Waals surface area contributed by atoms with Crippen LogP contribution in [0.25, 0.3) is 0 Å². The lowest BCUT2D eigenvalue weighted by atomic mass is 9.92. The van der Waals surface area contributed by atoms with Crippen LogP contribution >= 0.6 is 0 Å². The minimum absolute atomic E-state index is 0.0143. The van der Waals surface area contributed by atoms with E-state index >= 15 is 0 Å². The van der Waals surface area contributed by atoms with Crippen molar-refractivity contribution in [1.29, 1.82) is 0 Å². The van der Waals surface area contributed by atoms with E-state index in [9.17, 15) is 0 Å². The van der Waals surface area contributed by atoms with E-state index in [2.05, 4.69) is 41.0 Å². The third kappa shape index (κ3) is 5.01. The number of hydrogen-bond donors (Lipinski definition) is 0. The summed E-state index contributed by atoms with van der Waals surface area (Å²) in [6, 6.07) is 5.94. The van der Waals surface area contributed by atoms with E-state index in [4.69, 9.17) is 9.26 Å². The van der Waals surface area contributed by atoms with Crippen LogP contribution in [0.5, 0.6) is 5.88 Å². The molecule has 136 valence electrons. The van der Waals surface area contributed by atoms with E-state index in [1.54, 1.807) is 0 Å². The molecule has 3 rings (SSSR count). The lowest BCUT2D eigenvalue weighted by Gasteiger charge is -2.30. The fourth-order valence-electron chi connectivity index (χ4n) is 3.02. The van der Waals surface area contributed by atoms with Crippen molar-refractivity contribution in [1.82, 2.24) is 20.3 Å². The Morgan fingerprint density at radius 3 is 2.52 bits per heavy atom. The molecule has 0 aromatic carbocycles. The molecule has 0 spiro atoms. The Morgan fingerprint density at radius 1 is 1.20 bits per heavy atom. The Bertz CT molecular complexity index is 667. The van der Waals surface area contributed by atoms with Gasteiger partial charge in [-0.05, 0) is 44.8 Å². The standard InChI is InChI=1S/C19H28N4O2/c1-14-11-16(25-22-14)12-23-9-7-15(8-10-23)13-24-18-6-5-17(20-21-18)19(2,3)4/h5-6,11,15H,7-10,12-13H2,1-4H3. The molecule has 0 aliphatic carbocycles. The normalized spacial score (nSPS) is 17.0. The van der Waals surface area contributed by atoms with E-state index < -0.39 is 0 Å². The largest absolute Gasteiger partial charge is 0.476 e. The summed E-state index contributed by atoms with van der Waals surface area (Å²) in [4.78, 5) is 2.41. The predicted molar refractivity (Wildman–Crippen MR) is 95.5 cm³/mol. The van der Waals surface area contributed by atoms with Crippen molar-refractivity contribution in [2.24, 2.45) is 5.92 Å². The summed E-state index contributed by atoms with van der Waals surface area (Å²) in [5.41, 5.74) is 1.94. The number of aryl methyl sites for hydroxylation is 1. The Morgan fingerprint density at radius 2 is 1.96 bits per heavy atom. The van der Waals surface area contributed by atoms with E-state index in [1.807, 2.05) is 25.1 Å². The van der Waals surface area contributed by atoms with Crippen LogP contribution in [-0.4, -0.2) is 40.0 Å². The van der Waals surface area contributed by atoms with Crippen LogP contribution in [0.4, 0.5) is 0 Å². The second-order valence-electron chi connectivity index (χ2n) is 7.97. The minimum Gasteiger partial charge on any atom is -0.476 e. The van der Waals surface area contributed by atoms with Crippen molar-refractivity contribution in [3.05, 3.63) is 35.3 Å². The van der Waals surface area contributed by atoms with Gasteiger partial charge >= 0.3 is 0 Å². The van der Waals surface area contributed by atoms with E-state index in [0.29, 0.717) is 18.4 Å². The van der Waals surface area contributed by atoms with Gasteiger partial charge in [0.2, 0.25) is 5.88 Å². The lowest BCUT2D eigenvalue weighted by Crippen LogP contribution is -2.35. The number of piperidine rings is 1. The summed E-state index contributed by atoms with van der Waals surface area (Å²) in [5.74, 6) is 2.13. The molecule has 0 atom stereocenters. The number of likely N-dealkylation sites (tertiary alicyclic amines) is 1. The lowest BCUT2D eigenvalue weighted by molar-refractivity contribution is 0.126. The zero-order chi connectivity index (χ0) is 17.9. The topological polar surface area (TPSA) is 64.3 Å². The first-order chi connectivity index (χ1) is 11.9. The highest BCUT2D eigenvalue weighted by molar-refractivity contribution is 5.16. The van der Waals surface area contributed by atoms with E-state index in [1.165, 1.54) is 0 Å². The summed E-state index contributed by atoms with van der Waals surface area (Å²) in [5, 5.41) is 12.4. The Labute approximate surface area is 149 Å². The van der Waals surface area contributed by atoms with Gasteiger partial charge in [-0.3, -0.25) is 4.90 Å². The van der Waals surface area contributed by atoms with Crippen LogP contribution in [0.2, 0.25) is 0 Å². The molecule has 25 heavy (non-hydrogen) atoms. The SMILES string of the molecule is Cc1cc(CN2CCC(COc3ccc(C(C)(C)C)nn3)CC2)on1. The zero-order valence-corrected chi connectivity index (χ0v) is 15.7. The highest BCUT2D eigenvalue weighted by Gasteiger charge is 2.21. The van der Waals surface area contributed by atoms with Gasteiger partial charge in [0.15, 0.2) is 5.76 Å². The molecular weight excluding hydrogens is 316 g/mol. The number of hydrogen-bond acceptors (Lipinski definition) is 6. The van der Waals surface area contributed by atoms with Crippen molar-refractivity contribution >= 4 is 0 Å². The van der Waals surface area contributed by atoms with Crippen LogP contribution in [0.1, 0.15) is 50.8 Å².